The third kappa shape index (κ3) is 2.85. The van der Waals surface area contributed by atoms with E-state index in [1.807, 2.05) is 36.7 Å². The number of aryl methyl sites for hydroxylation is 1. The molecule has 2 atom stereocenters. The van der Waals surface area contributed by atoms with Gasteiger partial charge in [-0.15, -0.1) is 0 Å². The molecule has 5 rings (SSSR count). The average Bonchev–Trinajstić information content (AvgIpc) is 3.23. The molecule has 1 aliphatic heterocycles. The molecule has 0 saturated carbocycles. The molecule has 1 fully saturated rings. The Balaban J connectivity index is 1.48. The lowest BCUT2D eigenvalue weighted by Gasteiger charge is -2.28. The van der Waals surface area contributed by atoms with Crippen LogP contribution in [-0.2, 0) is 11.8 Å². The van der Waals surface area contributed by atoms with Crippen LogP contribution >= 0.6 is 11.3 Å². The largest absolute Gasteiger partial charge is 0.348 e. The number of aromatic nitrogens is 4. The Labute approximate surface area is 165 Å². The van der Waals surface area contributed by atoms with Crippen molar-refractivity contribution in [1.82, 2.24) is 30.2 Å². The summed E-state index contributed by atoms with van der Waals surface area (Å²) in [5.41, 5.74) is 4.81. The quantitative estimate of drug-likeness (QED) is 0.558. The molecule has 0 aliphatic carbocycles. The highest BCUT2D eigenvalue weighted by Gasteiger charge is 2.25. The number of carbonyl (C=O) groups excluding carboxylic acids is 1. The molecule has 28 heavy (non-hydrogen) atoms. The van der Waals surface area contributed by atoms with E-state index in [9.17, 15) is 4.79 Å². The summed E-state index contributed by atoms with van der Waals surface area (Å²) in [4.78, 5) is 26.8. The van der Waals surface area contributed by atoms with E-state index in [2.05, 4.69) is 26.7 Å². The number of thiazole rings is 1. The molecule has 0 bridgehead atoms. The molecule has 1 saturated heterocycles. The first-order valence-electron chi connectivity index (χ1n) is 9.31. The summed E-state index contributed by atoms with van der Waals surface area (Å²) in [6.07, 6.45) is 4.48. The molecule has 8 heteroatoms. The van der Waals surface area contributed by atoms with E-state index in [4.69, 9.17) is 4.98 Å². The fourth-order valence-corrected chi connectivity index (χ4v) is 4.39. The molecule has 1 aliphatic rings. The highest BCUT2D eigenvalue weighted by Crippen LogP contribution is 2.33. The second-order valence-electron chi connectivity index (χ2n) is 7.17. The Morgan fingerprint density at radius 2 is 2.25 bits per heavy atom. The number of hydrogen-bond acceptors (Lipinski definition) is 6. The number of rotatable bonds is 4. The van der Waals surface area contributed by atoms with Gasteiger partial charge in [-0.25, -0.2) is 15.0 Å². The monoisotopic (exact) mass is 392 g/mol. The number of pyridine rings is 1. The van der Waals surface area contributed by atoms with Crippen LogP contribution in [0.3, 0.4) is 0 Å². The SMILES string of the molecule is C[C@H](NC(=O)[C@@H]1CCN1)c1cccc(-c2nc3c(ncc4ncn(C)c43)s2)c1. The van der Waals surface area contributed by atoms with Crippen molar-refractivity contribution >= 4 is 38.6 Å². The van der Waals surface area contributed by atoms with Gasteiger partial charge in [0.2, 0.25) is 5.91 Å². The normalized spacial score (nSPS) is 17.6. The Morgan fingerprint density at radius 3 is 3.04 bits per heavy atom. The van der Waals surface area contributed by atoms with E-state index in [0.717, 1.165) is 50.5 Å². The van der Waals surface area contributed by atoms with E-state index in [1.165, 1.54) is 0 Å². The first-order chi connectivity index (χ1) is 13.6. The lowest BCUT2D eigenvalue weighted by Crippen LogP contribution is -2.53. The second kappa shape index (κ2) is 6.65. The van der Waals surface area contributed by atoms with Crippen molar-refractivity contribution in [3.63, 3.8) is 0 Å². The molecule has 1 amide bonds. The van der Waals surface area contributed by atoms with Gasteiger partial charge < -0.3 is 15.2 Å². The fourth-order valence-electron chi connectivity index (χ4n) is 3.48. The van der Waals surface area contributed by atoms with E-state index in [0.29, 0.717) is 0 Å². The predicted octanol–water partition coefficient (Wildman–Crippen LogP) is 2.78. The number of fused-ring (bicyclic) bond motifs is 3. The summed E-state index contributed by atoms with van der Waals surface area (Å²) < 4.78 is 1.98. The number of imidazole rings is 1. The van der Waals surface area contributed by atoms with Crippen LogP contribution in [-0.4, -0.2) is 38.0 Å². The van der Waals surface area contributed by atoms with Crippen LogP contribution in [0.25, 0.3) is 32.0 Å². The van der Waals surface area contributed by atoms with Crippen molar-refractivity contribution < 1.29 is 4.79 Å². The van der Waals surface area contributed by atoms with Gasteiger partial charge in [0.25, 0.3) is 0 Å². The van der Waals surface area contributed by atoms with Gasteiger partial charge >= 0.3 is 0 Å². The lowest BCUT2D eigenvalue weighted by molar-refractivity contribution is -0.125. The van der Waals surface area contributed by atoms with Crippen molar-refractivity contribution in [1.29, 1.82) is 0 Å². The van der Waals surface area contributed by atoms with Gasteiger partial charge in [-0.3, -0.25) is 4.79 Å². The Kier molecular flexibility index (Phi) is 4.10. The summed E-state index contributed by atoms with van der Waals surface area (Å²) in [6, 6.07) is 8.07. The number of benzene rings is 1. The Hall–Kier alpha value is -2.84. The smallest absolute Gasteiger partial charge is 0.237 e. The zero-order valence-electron chi connectivity index (χ0n) is 15.6. The third-order valence-electron chi connectivity index (χ3n) is 5.24. The predicted molar refractivity (Wildman–Crippen MR) is 110 cm³/mol. The molecule has 0 unspecified atom stereocenters. The van der Waals surface area contributed by atoms with Crippen molar-refractivity contribution in [3.05, 3.63) is 42.4 Å². The van der Waals surface area contributed by atoms with Crippen molar-refractivity contribution in [3.8, 4) is 10.6 Å². The minimum Gasteiger partial charge on any atom is -0.348 e. The fraction of sp³-hybridized carbons (Fsp3) is 0.300. The molecule has 4 aromatic rings. The molecular weight excluding hydrogens is 372 g/mol. The minimum absolute atomic E-state index is 0.0535. The Morgan fingerprint density at radius 1 is 1.39 bits per heavy atom. The van der Waals surface area contributed by atoms with E-state index < -0.39 is 0 Å². The van der Waals surface area contributed by atoms with Gasteiger partial charge in [0.05, 0.1) is 30.1 Å². The average molecular weight is 392 g/mol. The van der Waals surface area contributed by atoms with Gasteiger partial charge in [0, 0.05) is 12.6 Å². The van der Waals surface area contributed by atoms with Gasteiger partial charge in [-0.05, 0) is 31.5 Å². The molecule has 142 valence electrons. The maximum absolute atomic E-state index is 12.2. The summed E-state index contributed by atoms with van der Waals surface area (Å²) in [6.45, 7) is 2.92. The van der Waals surface area contributed by atoms with Gasteiger partial charge in [-0.2, -0.15) is 0 Å². The van der Waals surface area contributed by atoms with Crippen LogP contribution < -0.4 is 10.6 Å². The van der Waals surface area contributed by atoms with Crippen molar-refractivity contribution in [2.24, 2.45) is 7.05 Å². The van der Waals surface area contributed by atoms with E-state index in [1.54, 1.807) is 23.9 Å². The number of hydrogen-bond donors (Lipinski definition) is 2. The van der Waals surface area contributed by atoms with Gasteiger partial charge in [0.15, 0.2) is 0 Å². The molecular formula is C20H20N6OS. The summed E-state index contributed by atoms with van der Waals surface area (Å²) >= 11 is 1.57. The van der Waals surface area contributed by atoms with Crippen molar-refractivity contribution in [2.45, 2.75) is 25.4 Å². The standard InChI is InChI=1S/C20H20N6OS/c1-11(24-18(27)14-6-7-21-14)12-4-3-5-13(8-12)19-25-16-17-15(23-10-26(17)2)9-22-20(16)28-19/h3-5,8-11,14,21H,6-7H2,1-2H3,(H,24,27)/t11-,14-/m0/s1. The maximum Gasteiger partial charge on any atom is 0.237 e. The lowest BCUT2D eigenvalue weighted by atomic mass is 10.0. The molecule has 4 heterocycles. The number of nitrogens with one attached hydrogen (secondary N) is 2. The summed E-state index contributed by atoms with van der Waals surface area (Å²) in [7, 11) is 1.97. The summed E-state index contributed by atoms with van der Waals surface area (Å²) in [5, 5.41) is 7.14. The zero-order valence-corrected chi connectivity index (χ0v) is 16.5. The third-order valence-corrected chi connectivity index (χ3v) is 6.25. The number of nitrogens with zero attached hydrogens (tertiary/aromatic N) is 4. The molecule has 7 nitrogen and oxygen atoms in total. The molecule has 1 aromatic carbocycles. The second-order valence-corrected chi connectivity index (χ2v) is 8.15. The first kappa shape index (κ1) is 17.3. The van der Waals surface area contributed by atoms with Crippen LogP contribution in [0.5, 0.6) is 0 Å². The van der Waals surface area contributed by atoms with E-state index >= 15 is 0 Å². The highest BCUT2D eigenvalue weighted by atomic mass is 32.1. The molecule has 2 N–H and O–H groups in total. The van der Waals surface area contributed by atoms with Crippen LogP contribution in [0.1, 0.15) is 24.9 Å². The zero-order chi connectivity index (χ0) is 19.3. The van der Waals surface area contributed by atoms with Gasteiger partial charge in [0.1, 0.15) is 20.9 Å². The first-order valence-corrected chi connectivity index (χ1v) is 10.1. The van der Waals surface area contributed by atoms with Crippen LogP contribution in [0.4, 0.5) is 0 Å². The van der Waals surface area contributed by atoms with E-state index in [-0.39, 0.29) is 18.0 Å². The summed E-state index contributed by atoms with van der Waals surface area (Å²) in [5.74, 6) is 0.0620. The number of amides is 1. The minimum atomic E-state index is -0.0638. The highest BCUT2D eigenvalue weighted by molar-refractivity contribution is 7.21. The Bertz CT molecular complexity index is 1190. The number of carbonyl (C=O) groups is 1. The molecule has 0 spiro atoms. The van der Waals surface area contributed by atoms with Crippen molar-refractivity contribution in [2.75, 3.05) is 6.54 Å². The topological polar surface area (TPSA) is 84.7 Å². The maximum atomic E-state index is 12.2. The molecule has 3 aromatic heterocycles. The van der Waals surface area contributed by atoms with Crippen LogP contribution in [0, 0.1) is 0 Å². The van der Waals surface area contributed by atoms with Gasteiger partial charge in [-0.1, -0.05) is 29.5 Å². The van der Waals surface area contributed by atoms with Crippen LogP contribution in [0.2, 0.25) is 0 Å². The molecule has 0 radical (unpaired) electrons. The van der Waals surface area contributed by atoms with Crippen LogP contribution in [0.15, 0.2) is 36.8 Å².